The third-order valence-corrected chi connectivity index (χ3v) is 8.83. The number of nitrogens with two attached hydrogens (primary N) is 1. The van der Waals surface area contributed by atoms with Gasteiger partial charge in [0.15, 0.2) is 11.9 Å². The van der Waals surface area contributed by atoms with E-state index in [2.05, 4.69) is 10.6 Å². The van der Waals surface area contributed by atoms with Crippen molar-refractivity contribution in [2.75, 3.05) is 12.8 Å². The van der Waals surface area contributed by atoms with Gasteiger partial charge in [0.25, 0.3) is 0 Å². The number of amides is 1. The molecule has 0 aromatic heterocycles. The molecule has 4 atom stereocenters. The molecular formula is C23H22N6O3S2. The van der Waals surface area contributed by atoms with E-state index >= 15 is 0 Å². The summed E-state index contributed by atoms with van der Waals surface area (Å²) >= 11 is 3.08. The molecule has 2 fully saturated rings. The highest BCUT2D eigenvalue weighted by Gasteiger charge is 2.55. The second-order valence-electron chi connectivity index (χ2n) is 8.27. The Kier molecular flexibility index (Phi) is 5.29. The van der Waals surface area contributed by atoms with E-state index < -0.39 is 18.1 Å². The maximum absolute atomic E-state index is 13.8. The fourth-order valence-electron chi connectivity index (χ4n) is 4.49. The third kappa shape index (κ3) is 3.30. The highest BCUT2D eigenvalue weighted by Crippen LogP contribution is 2.46. The van der Waals surface area contributed by atoms with Crippen LogP contribution < -0.4 is 11.3 Å². The number of esters is 1. The molecule has 4 aliphatic heterocycles. The molecule has 3 N–H and O–H groups in total. The monoisotopic (exact) mass is 494 g/mol. The number of benzene rings is 2. The lowest BCUT2D eigenvalue weighted by Crippen LogP contribution is -2.68. The Morgan fingerprint density at radius 2 is 1.79 bits per heavy atom. The van der Waals surface area contributed by atoms with Crippen molar-refractivity contribution in [2.45, 2.75) is 22.8 Å². The van der Waals surface area contributed by atoms with Gasteiger partial charge in [-0.2, -0.15) is 0 Å². The third-order valence-electron chi connectivity index (χ3n) is 6.27. The number of hydrogen-bond acceptors (Lipinski definition) is 10. The number of carbonyl (C=O) groups excluding carboxylic acids is 2. The van der Waals surface area contributed by atoms with Crippen molar-refractivity contribution in [2.24, 2.45) is 10.8 Å². The molecule has 2 saturated heterocycles. The summed E-state index contributed by atoms with van der Waals surface area (Å²) in [6.45, 7) is 0. The largest absolute Gasteiger partial charge is 0.448 e. The van der Waals surface area contributed by atoms with Crippen molar-refractivity contribution in [3.8, 4) is 0 Å². The summed E-state index contributed by atoms with van der Waals surface area (Å²) in [7, 11) is 1.90. The van der Waals surface area contributed by atoms with Crippen molar-refractivity contribution in [1.82, 2.24) is 20.0 Å². The highest BCUT2D eigenvalue weighted by molar-refractivity contribution is 8.01. The Morgan fingerprint density at radius 3 is 2.35 bits per heavy atom. The van der Waals surface area contributed by atoms with Crippen molar-refractivity contribution >= 4 is 41.4 Å². The van der Waals surface area contributed by atoms with Crippen LogP contribution in [0.25, 0.3) is 0 Å². The number of ether oxygens (including phenoxy) is 1. The van der Waals surface area contributed by atoms with Crippen molar-refractivity contribution in [3.05, 3.63) is 83.1 Å². The van der Waals surface area contributed by atoms with Crippen LogP contribution in [0.5, 0.6) is 0 Å². The average Bonchev–Trinajstić information content (AvgIpc) is 3.40. The zero-order valence-corrected chi connectivity index (χ0v) is 19.8. The number of fused-ring (bicyclic) bond motifs is 3. The quantitative estimate of drug-likeness (QED) is 0.366. The molecule has 3 unspecified atom stereocenters. The van der Waals surface area contributed by atoms with Gasteiger partial charge >= 0.3 is 5.97 Å². The number of nitrogens with zero attached hydrogens (tertiary/aromatic N) is 4. The summed E-state index contributed by atoms with van der Waals surface area (Å²) in [6.07, 6.45) is -0.611. The van der Waals surface area contributed by atoms with Crippen LogP contribution in [0.3, 0.4) is 0 Å². The smallest absolute Gasteiger partial charge is 0.356 e. The van der Waals surface area contributed by atoms with E-state index in [1.807, 2.05) is 72.7 Å². The number of thioether (sulfide) groups is 1. The summed E-state index contributed by atoms with van der Waals surface area (Å²) in [4.78, 5) is 28.1. The lowest BCUT2D eigenvalue weighted by atomic mass is 10.00. The number of rotatable bonds is 5. The topological polar surface area (TPSA) is 104 Å². The lowest BCUT2D eigenvalue weighted by Gasteiger charge is -2.49. The van der Waals surface area contributed by atoms with Gasteiger partial charge in [-0.15, -0.1) is 16.9 Å². The van der Waals surface area contributed by atoms with E-state index in [0.717, 1.165) is 22.5 Å². The first-order chi connectivity index (χ1) is 16.5. The maximum Gasteiger partial charge on any atom is 0.356 e. The van der Waals surface area contributed by atoms with E-state index in [1.165, 1.54) is 16.8 Å². The lowest BCUT2D eigenvalue weighted by molar-refractivity contribution is -0.153. The molecule has 0 spiro atoms. The molecule has 0 radical (unpaired) electrons. The molecule has 0 saturated carbocycles. The van der Waals surface area contributed by atoms with E-state index in [4.69, 9.17) is 10.5 Å². The summed E-state index contributed by atoms with van der Waals surface area (Å²) in [5.41, 5.74) is 11.8. The Balaban J connectivity index is 1.40. The van der Waals surface area contributed by atoms with Gasteiger partial charge < -0.3 is 10.5 Å². The molecule has 2 aromatic carbocycles. The highest BCUT2D eigenvalue weighted by atomic mass is 32.2. The molecule has 1 amide bonds. The van der Waals surface area contributed by atoms with Crippen molar-refractivity contribution in [3.63, 3.8) is 0 Å². The molecule has 0 aliphatic carbocycles. The first-order valence-corrected chi connectivity index (χ1v) is 12.7. The predicted octanol–water partition coefficient (Wildman–Crippen LogP) is 1.83. The van der Waals surface area contributed by atoms with Crippen LogP contribution in [-0.2, 0) is 14.3 Å². The first-order valence-electron chi connectivity index (χ1n) is 10.8. The fourth-order valence-corrected chi connectivity index (χ4v) is 7.07. The van der Waals surface area contributed by atoms with Gasteiger partial charge in [-0.1, -0.05) is 65.2 Å². The molecule has 2 aromatic rings. The minimum absolute atomic E-state index is 0.196. The van der Waals surface area contributed by atoms with Gasteiger partial charge in [0.05, 0.1) is 0 Å². The molecule has 6 rings (SSSR count). The molecule has 4 aliphatic rings. The SMILES string of the molecule is CN1C2=NNN1SC2C1=C(C(=O)OC(c2ccccc2)c2ccccc2)N2C(=O)C(N)[C@@H]2SC1. The van der Waals surface area contributed by atoms with Crippen LogP contribution in [-0.4, -0.2) is 61.6 Å². The molecule has 9 nitrogen and oxygen atoms in total. The Morgan fingerprint density at radius 1 is 1.15 bits per heavy atom. The average molecular weight is 495 g/mol. The summed E-state index contributed by atoms with van der Waals surface area (Å²) < 4.78 is 7.96. The number of hydrogen-bond donors (Lipinski definition) is 2. The molecule has 2 bridgehead atoms. The normalized spacial score (nSPS) is 27.4. The summed E-state index contributed by atoms with van der Waals surface area (Å²) in [5, 5.41) is 5.79. The van der Waals surface area contributed by atoms with Gasteiger partial charge in [0.2, 0.25) is 5.91 Å². The van der Waals surface area contributed by atoms with Gasteiger partial charge in [-0.25, -0.2) is 10.3 Å². The number of nitrogens with one attached hydrogen (secondary N) is 1. The zero-order valence-electron chi connectivity index (χ0n) is 18.2. The van der Waals surface area contributed by atoms with Crippen LogP contribution in [0.15, 0.2) is 77.0 Å². The van der Waals surface area contributed by atoms with Gasteiger partial charge in [-0.3, -0.25) is 14.7 Å². The molecular weight excluding hydrogens is 472 g/mol. The minimum atomic E-state index is -0.619. The molecule has 34 heavy (non-hydrogen) atoms. The first kappa shape index (κ1) is 21.5. The van der Waals surface area contributed by atoms with E-state index in [9.17, 15) is 9.59 Å². The van der Waals surface area contributed by atoms with Gasteiger partial charge in [-0.05, 0) is 28.6 Å². The van der Waals surface area contributed by atoms with Gasteiger partial charge in [0, 0.05) is 12.8 Å². The number of amidine groups is 1. The molecule has 174 valence electrons. The Hall–Kier alpha value is -2.99. The molecule has 4 heterocycles. The second-order valence-corrected chi connectivity index (χ2v) is 10.4. The number of carbonyl (C=O) groups is 2. The van der Waals surface area contributed by atoms with Crippen LogP contribution in [0, 0.1) is 0 Å². The van der Waals surface area contributed by atoms with E-state index in [0.29, 0.717) is 5.75 Å². The molecule has 11 heteroatoms. The van der Waals surface area contributed by atoms with E-state index in [1.54, 1.807) is 16.3 Å². The van der Waals surface area contributed by atoms with Crippen LogP contribution in [0.1, 0.15) is 17.2 Å². The number of hydrazone groups is 1. The number of hydrazine groups is 2. The Bertz CT molecular complexity index is 1170. The van der Waals surface area contributed by atoms with Crippen LogP contribution >= 0.6 is 23.7 Å². The van der Waals surface area contributed by atoms with Crippen molar-refractivity contribution in [1.29, 1.82) is 0 Å². The van der Waals surface area contributed by atoms with Crippen molar-refractivity contribution < 1.29 is 14.3 Å². The fraction of sp³-hybridized carbons (Fsp3) is 0.261. The standard InChI is InChI=1S/C23H22N6O3S2/c1-27-20-19(34-29(27)26-25-20)15-12-33-22-16(24)21(30)28(22)17(15)23(31)32-18(13-8-4-2-5-9-13)14-10-6-3-7-11-14/h2-11,16,18-19,22,26H,12,24H2,1H3/t16?,19?,22-/m0/s1. The van der Waals surface area contributed by atoms with Crippen LogP contribution in [0.2, 0.25) is 0 Å². The second kappa shape index (κ2) is 8.35. The maximum atomic E-state index is 13.8. The van der Waals surface area contributed by atoms with E-state index in [-0.39, 0.29) is 22.2 Å². The zero-order chi connectivity index (χ0) is 23.4. The Labute approximate surface area is 205 Å². The van der Waals surface area contributed by atoms with Gasteiger partial charge in [0.1, 0.15) is 22.4 Å². The van der Waals surface area contributed by atoms with Crippen LogP contribution in [0.4, 0.5) is 0 Å². The predicted molar refractivity (Wildman–Crippen MR) is 130 cm³/mol. The number of β-lactam (4-membered cyclic amide) rings is 1. The minimum Gasteiger partial charge on any atom is -0.448 e. The summed E-state index contributed by atoms with van der Waals surface area (Å²) in [6, 6.07) is 18.6. The summed E-state index contributed by atoms with van der Waals surface area (Å²) in [5.74, 6) is 0.545.